The van der Waals surface area contributed by atoms with Crippen molar-refractivity contribution >= 4 is 0 Å². The topological polar surface area (TPSA) is 21.3 Å². The Labute approximate surface area is 87.4 Å². The first-order chi connectivity index (χ1) is 6.79. The molecule has 1 saturated heterocycles. The molecule has 82 valence electrons. The first-order valence-corrected chi connectivity index (χ1v) is 6.07. The molecule has 0 aromatic carbocycles. The van der Waals surface area contributed by atoms with Crippen molar-refractivity contribution in [1.82, 2.24) is 5.32 Å². The van der Waals surface area contributed by atoms with E-state index in [0.29, 0.717) is 5.41 Å². The zero-order valence-corrected chi connectivity index (χ0v) is 9.35. The number of rotatable bonds is 5. The van der Waals surface area contributed by atoms with E-state index in [-0.39, 0.29) is 0 Å². The van der Waals surface area contributed by atoms with E-state index in [1.165, 1.54) is 38.6 Å². The number of ether oxygens (including phenoxy) is 1. The van der Waals surface area contributed by atoms with Gasteiger partial charge in [-0.05, 0) is 18.9 Å². The number of nitrogens with one attached hydrogen (secondary N) is 1. The van der Waals surface area contributed by atoms with Crippen LogP contribution in [0.2, 0.25) is 0 Å². The van der Waals surface area contributed by atoms with Crippen molar-refractivity contribution in [3.05, 3.63) is 0 Å². The van der Waals surface area contributed by atoms with E-state index in [1.54, 1.807) is 0 Å². The molecule has 2 fully saturated rings. The molecule has 1 aliphatic heterocycles. The van der Waals surface area contributed by atoms with Crippen LogP contribution in [0.4, 0.5) is 0 Å². The summed E-state index contributed by atoms with van der Waals surface area (Å²) < 4.78 is 5.23. The molecule has 0 aromatic rings. The lowest BCUT2D eigenvalue weighted by Crippen LogP contribution is -2.47. The lowest BCUT2D eigenvalue weighted by molar-refractivity contribution is -0.0989. The molecule has 14 heavy (non-hydrogen) atoms. The molecule has 1 aliphatic carbocycles. The highest BCUT2D eigenvalue weighted by molar-refractivity contribution is 4.83. The van der Waals surface area contributed by atoms with E-state index in [0.717, 1.165) is 25.7 Å². The standard InChI is InChI=1S/C12H23NO/c1-12(9-14-10-12)8-13-7-6-11-4-2-3-5-11/h11,13H,2-10H2,1H3. The molecule has 0 spiro atoms. The summed E-state index contributed by atoms with van der Waals surface area (Å²) in [6.45, 7) is 6.55. The van der Waals surface area contributed by atoms with E-state index in [4.69, 9.17) is 4.74 Å². The van der Waals surface area contributed by atoms with Crippen LogP contribution in [0.25, 0.3) is 0 Å². The largest absolute Gasteiger partial charge is 0.380 e. The second-order valence-corrected chi connectivity index (χ2v) is 5.42. The molecule has 0 radical (unpaired) electrons. The lowest BCUT2D eigenvalue weighted by Gasteiger charge is -2.38. The van der Waals surface area contributed by atoms with E-state index < -0.39 is 0 Å². The van der Waals surface area contributed by atoms with Crippen molar-refractivity contribution in [2.24, 2.45) is 11.3 Å². The van der Waals surface area contributed by atoms with Crippen LogP contribution in [0.5, 0.6) is 0 Å². The third-order valence-corrected chi connectivity index (χ3v) is 3.66. The average molecular weight is 197 g/mol. The van der Waals surface area contributed by atoms with Gasteiger partial charge < -0.3 is 10.1 Å². The van der Waals surface area contributed by atoms with Crippen molar-refractivity contribution < 1.29 is 4.74 Å². The smallest absolute Gasteiger partial charge is 0.0554 e. The normalized spacial score (nSPS) is 26.4. The van der Waals surface area contributed by atoms with Crippen LogP contribution in [0.1, 0.15) is 39.0 Å². The van der Waals surface area contributed by atoms with Crippen molar-refractivity contribution in [3.8, 4) is 0 Å². The third kappa shape index (κ3) is 2.71. The summed E-state index contributed by atoms with van der Waals surface area (Å²) in [6.07, 6.45) is 7.27. The molecular formula is C12H23NO. The second kappa shape index (κ2) is 4.63. The molecule has 2 aliphatic rings. The van der Waals surface area contributed by atoms with Gasteiger partial charge in [0.1, 0.15) is 0 Å². The van der Waals surface area contributed by atoms with Gasteiger partial charge in [0.25, 0.3) is 0 Å². The second-order valence-electron chi connectivity index (χ2n) is 5.42. The highest BCUT2D eigenvalue weighted by atomic mass is 16.5. The molecule has 1 heterocycles. The van der Waals surface area contributed by atoms with Crippen molar-refractivity contribution in [3.63, 3.8) is 0 Å². The van der Waals surface area contributed by atoms with Gasteiger partial charge in [0, 0.05) is 12.0 Å². The van der Waals surface area contributed by atoms with Gasteiger partial charge in [-0.15, -0.1) is 0 Å². The van der Waals surface area contributed by atoms with Crippen LogP contribution in [0.15, 0.2) is 0 Å². The van der Waals surface area contributed by atoms with Gasteiger partial charge >= 0.3 is 0 Å². The quantitative estimate of drug-likeness (QED) is 0.682. The SMILES string of the molecule is CC1(CNCCC2CCCC2)COC1. The summed E-state index contributed by atoms with van der Waals surface area (Å²) in [5.41, 5.74) is 0.440. The van der Waals surface area contributed by atoms with Crippen LogP contribution in [-0.2, 0) is 4.74 Å². The minimum atomic E-state index is 0.440. The fourth-order valence-electron chi connectivity index (χ4n) is 2.55. The maximum absolute atomic E-state index is 5.23. The first-order valence-electron chi connectivity index (χ1n) is 6.07. The molecule has 0 amide bonds. The maximum atomic E-state index is 5.23. The Morgan fingerprint density at radius 3 is 2.57 bits per heavy atom. The van der Waals surface area contributed by atoms with Gasteiger partial charge in [0.15, 0.2) is 0 Å². The Bertz CT molecular complexity index is 171. The van der Waals surface area contributed by atoms with Gasteiger partial charge in [0.05, 0.1) is 13.2 Å². The van der Waals surface area contributed by atoms with Gasteiger partial charge in [-0.25, -0.2) is 0 Å². The molecule has 0 aromatic heterocycles. The molecule has 2 heteroatoms. The fraction of sp³-hybridized carbons (Fsp3) is 1.00. The first kappa shape index (κ1) is 10.4. The van der Waals surface area contributed by atoms with Crippen molar-refractivity contribution in [2.75, 3.05) is 26.3 Å². The molecule has 1 saturated carbocycles. The molecule has 0 unspecified atom stereocenters. The summed E-state index contributed by atoms with van der Waals surface area (Å²) in [5, 5.41) is 3.57. The molecule has 2 nitrogen and oxygen atoms in total. The Morgan fingerprint density at radius 1 is 1.29 bits per heavy atom. The molecule has 0 atom stereocenters. The minimum absolute atomic E-state index is 0.440. The van der Waals surface area contributed by atoms with Gasteiger partial charge in [-0.2, -0.15) is 0 Å². The van der Waals surface area contributed by atoms with Crippen LogP contribution in [0, 0.1) is 11.3 Å². The average Bonchev–Trinajstić information content (AvgIpc) is 2.62. The third-order valence-electron chi connectivity index (χ3n) is 3.66. The van der Waals surface area contributed by atoms with E-state index in [1.807, 2.05) is 0 Å². The maximum Gasteiger partial charge on any atom is 0.0554 e. The lowest BCUT2D eigenvalue weighted by atomic mass is 9.88. The number of hydrogen-bond acceptors (Lipinski definition) is 2. The zero-order chi connectivity index (χ0) is 9.86. The summed E-state index contributed by atoms with van der Waals surface area (Å²) in [6, 6.07) is 0. The molecule has 1 N–H and O–H groups in total. The predicted molar refractivity (Wildman–Crippen MR) is 58.4 cm³/mol. The summed E-state index contributed by atoms with van der Waals surface area (Å²) >= 11 is 0. The van der Waals surface area contributed by atoms with E-state index in [9.17, 15) is 0 Å². The highest BCUT2D eigenvalue weighted by Gasteiger charge is 2.32. The van der Waals surface area contributed by atoms with Crippen LogP contribution in [0.3, 0.4) is 0 Å². The zero-order valence-electron chi connectivity index (χ0n) is 9.35. The van der Waals surface area contributed by atoms with E-state index >= 15 is 0 Å². The van der Waals surface area contributed by atoms with Crippen molar-refractivity contribution in [1.29, 1.82) is 0 Å². The minimum Gasteiger partial charge on any atom is -0.380 e. The van der Waals surface area contributed by atoms with Gasteiger partial charge in [0.2, 0.25) is 0 Å². The van der Waals surface area contributed by atoms with Crippen LogP contribution in [-0.4, -0.2) is 26.3 Å². The summed E-state index contributed by atoms with van der Waals surface area (Å²) in [5.74, 6) is 1.02. The summed E-state index contributed by atoms with van der Waals surface area (Å²) in [7, 11) is 0. The van der Waals surface area contributed by atoms with E-state index in [2.05, 4.69) is 12.2 Å². The predicted octanol–water partition coefficient (Wildman–Crippen LogP) is 2.19. The van der Waals surface area contributed by atoms with Crippen LogP contribution >= 0.6 is 0 Å². The monoisotopic (exact) mass is 197 g/mol. The van der Waals surface area contributed by atoms with Crippen LogP contribution < -0.4 is 5.32 Å². The Morgan fingerprint density at radius 2 is 2.00 bits per heavy atom. The molecular weight excluding hydrogens is 174 g/mol. The molecule has 0 bridgehead atoms. The fourth-order valence-corrected chi connectivity index (χ4v) is 2.55. The Hall–Kier alpha value is -0.0800. The Kier molecular flexibility index (Phi) is 3.45. The summed E-state index contributed by atoms with van der Waals surface area (Å²) in [4.78, 5) is 0. The van der Waals surface area contributed by atoms with Gasteiger partial charge in [-0.1, -0.05) is 32.6 Å². The molecule has 2 rings (SSSR count). The van der Waals surface area contributed by atoms with Gasteiger partial charge in [-0.3, -0.25) is 0 Å². The Balaban J connectivity index is 1.50. The number of hydrogen-bond donors (Lipinski definition) is 1. The van der Waals surface area contributed by atoms with Crippen molar-refractivity contribution in [2.45, 2.75) is 39.0 Å². The highest BCUT2D eigenvalue weighted by Crippen LogP contribution is 2.27.